The second kappa shape index (κ2) is 6.92. The maximum atomic E-state index is 12.0. The third-order valence-corrected chi connectivity index (χ3v) is 3.53. The molecule has 0 aliphatic carbocycles. The van der Waals surface area contributed by atoms with Crippen LogP contribution in [0.3, 0.4) is 0 Å². The van der Waals surface area contributed by atoms with Crippen LogP contribution in [0.4, 0.5) is 5.69 Å². The second-order valence-electron chi connectivity index (χ2n) is 5.13. The van der Waals surface area contributed by atoms with Crippen LogP contribution in [0.1, 0.15) is 23.0 Å². The lowest BCUT2D eigenvalue weighted by molar-refractivity contribution is 0.0520. The maximum absolute atomic E-state index is 12.0. The van der Waals surface area contributed by atoms with Gasteiger partial charge in [-0.05, 0) is 24.6 Å². The van der Waals surface area contributed by atoms with Gasteiger partial charge in [-0.3, -0.25) is 0 Å². The third-order valence-electron chi connectivity index (χ3n) is 3.53. The van der Waals surface area contributed by atoms with Gasteiger partial charge in [0.1, 0.15) is 0 Å². The number of aromatic nitrogens is 1. The molecule has 0 unspecified atom stereocenters. The van der Waals surface area contributed by atoms with E-state index in [0.29, 0.717) is 18.8 Å². The van der Waals surface area contributed by atoms with E-state index in [1.165, 1.54) is 5.56 Å². The van der Waals surface area contributed by atoms with E-state index in [1.807, 2.05) is 42.5 Å². The van der Waals surface area contributed by atoms with E-state index in [2.05, 4.69) is 22.4 Å². The van der Waals surface area contributed by atoms with Crippen LogP contribution in [0.25, 0.3) is 10.9 Å². The van der Waals surface area contributed by atoms with Gasteiger partial charge in [0.15, 0.2) is 5.69 Å². The Morgan fingerprint density at radius 3 is 2.61 bits per heavy atom. The summed E-state index contributed by atoms with van der Waals surface area (Å²) >= 11 is 0. The Hall–Kier alpha value is -2.88. The molecule has 0 amide bonds. The summed E-state index contributed by atoms with van der Waals surface area (Å²) in [5.74, 6) is -0.402. The van der Waals surface area contributed by atoms with Crippen LogP contribution in [0.15, 0.2) is 60.7 Å². The molecule has 3 aromatic rings. The van der Waals surface area contributed by atoms with Crippen molar-refractivity contribution in [3.63, 3.8) is 0 Å². The van der Waals surface area contributed by atoms with E-state index in [-0.39, 0.29) is 0 Å². The number of para-hydroxylation sites is 1. The van der Waals surface area contributed by atoms with Crippen molar-refractivity contribution in [1.82, 2.24) is 4.98 Å². The zero-order chi connectivity index (χ0) is 16.1. The molecule has 0 aliphatic rings. The highest BCUT2D eigenvalue weighted by Gasteiger charge is 2.12. The van der Waals surface area contributed by atoms with Crippen LogP contribution in [0.2, 0.25) is 0 Å². The first-order valence-corrected chi connectivity index (χ1v) is 7.62. The molecule has 0 radical (unpaired) electrons. The normalized spacial score (nSPS) is 10.5. The van der Waals surface area contributed by atoms with Crippen molar-refractivity contribution in [2.24, 2.45) is 0 Å². The van der Waals surface area contributed by atoms with Gasteiger partial charge in [0, 0.05) is 17.6 Å². The van der Waals surface area contributed by atoms with Gasteiger partial charge in [-0.15, -0.1) is 0 Å². The molecule has 1 heterocycles. The fourth-order valence-corrected chi connectivity index (χ4v) is 2.42. The highest BCUT2D eigenvalue weighted by molar-refractivity contribution is 5.97. The fraction of sp³-hybridized carbons (Fsp3) is 0.158. The molecule has 4 nitrogen and oxygen atoms in total. The van der Waals surface area contributed by atoms with Gasteiger partial charge >= 0.3 is 5.97 Å². The minimum absolute atomic E-state index is 0.320. The van der Waals surface area contributed by atoms with Gasteiger partial charge < -0.3 is 10.1 Å². The third kappa shape index (κ3) is 3.48. The Bertz CT molecular complexity index is 816. The Balaban J connectivity index is 1.95. The van der Waals surface area contributed by atoms with Crippen LogP contribution < -0.4 is 5.32 Å². The summed E-state index contributed by atoms with van der Waals surface area (Å²) in [6.45, 7) is 2.80. The topological polar surface area (TPSA) is 51.2 Å². The van der Waals surface area contributed by atoms with Crippen molar-refractivity contribution >= 4 is 22.6 Å². The highest BCUT2D eigenvalue weighted by Crippen LogP contribution is 2.24. The fourth-order valence-electron chi connectivity index (χ4n) is 2.42. The van der Waals surface area contributed by atoms with E-state index in [4.69, 9.17) is 4.74 Å². The van der Waals surface area contributed by atoms with Gasteiger partial charge in [0.2, 0.25) is 0 Å². The Morgan fingerprint density at radius 1 is 1.09 bits per heavy atom. The molecule has 116 valence electrons. The summed E-state index contributed by atoms with van der Waals surface area (Å²) in [6.07, 6.45) is 0. The Morgan fingerprint density at radius 2 is 1.83 bits per heavy atom. The van der Waals surface area contributed by atoms with Gasteiger partial charge in [0.05, 0.1) is 12.1 Å². The quantitative estimate of drug-likeness (QED) is 0.723. The first-order chi connectivity index (χ1) is 11.3. The molecular formula is C19H18N2O2. The van der Waals surface area contributed by atoms with Crippen LogP contribution >= 0.6 is 0 Å². The second-order valence-corrected chi connectivity index (χ2v) is 5.13. The van der Waals surface area contributed by atoms with Crippen molar-refractivity contribution < 1.29 is 9.53 Å². The predicted octanol–water partition coefficient (Wildman–Crippen LogP) is 4.02. The van der Waals surface area contributed by atoms with E-state index >= 15 is 0 Å². The number of carbonyl (C=O) groups is 1. The number of esters is 1. The highest BCUT2D eigenvalue weighted by atomic mass is 16.5. The molecule has 0 spiro atoms. The zero-order valence-electron chi connectivity index (χ0n) is 13.0. The molecular weight excluding hydrogens is 288 g/mol. The monoisotopic (exact) mass is 306 g/mol. The van der Waals surface area contributed by atoms with E-state index < -0.39 is 5.97 Å². The number of fused-ring (bicyclic) bond motifs is 1. The SMILES string of the molecule is CCOC(=O)c1cc(NCc2ccccc2)c2ccccc2n1. The molecule has 0 aliphatic heterocycles. The lowest BCUT2D eigenvalue weighted by Gasteiger charge is -2.11. The average Bonchev–Trinajstić information content (AvgIpc) is 2.60. The minimum atomic E-state index is -0.402. The number of ether oxygens (including phenoxy) is 1. The summed E-state index contributed by atoms with van der Waals surface area (Å²) in [6, 6.07) is 19.6. The summed E-state index contributed by atoms with van der Waals surface area (Å²) in [5, 5.41) is 4.38. The van der Waals surface area contributed by atoms with Crippen molar-refractivity contribution in [1.29, 1.82) is 0 Å². The van der Waals surface area contributed by atoms with Gasteiger partial charge in [0.25, 0.3) is 0 Å². The van der Waals surface area contributed by atoms with Gasteiger partial charge in [-0.1, -0.05) is 48.5 Å². The molecule has 23 heavy (non-hydrogen) atoms. The Kier molecular flexibility index (Phi) is 4.52. The summed E-state index contributed by atoms with van der Waals surface area (Å²) < 4.78 is 5.07. The lowest BCUT2D eigenvalue weighted by Crippen LogP contribution is -2.09. The maximum Gasteiger partial charge on any atom is 0.357 e. The van der Waals surface area contributed by atoms with Crippen LogP contribution in [0.5, 0.6) is 0 Å². The first-order valence-electron chi connectivity index (χ1n) is 7.62. The number of hydrogen-bond donors (Lipinski definition) is 1. The summed E-state index contributed by atoms with van der Waals surface area (Å²) in [5.41, 5.74) is 3.14. The number of nitrogens with zero attached hydrogens (tertiary/aromatic N) is 1. The van der Waals surface area contributed by atoms with Crippen molar-refractivity contribution in [3.05, 3.63) is 71.9 Å². The molecule has 3 rings (SSSR count). The van der Waals surface area contributed by atoms with Crippen molar-refractivity contribution in [2.45, 2.75) is 13.5 Å². The largest absolute Gasteiger partial charge is 0.461 e. The lowest BCUT2D eigenvalue weighted by atomic mass is 10.1. The van der Waals surface area contributed by atoms with Crippen LogP contribution in [-0.2, 0) is 11.3 Å². The smallest absolute Gasteiger partial charge is 0.357 e. The van der Waals surface area contributed by atoms with Crippen molar-refractivity contribution in [2.75, 3.05) is 11.9 Å². The summed E-state index contributed by atoms with van der Waals surface area (Å²) in [4.78, 5) is 16.4. The van der Waals surface area contributed by atoms with E-state index in [0.717, 1.165) is 16.6 Å². The predicted molar refractivity (Wildman–Crippen MR) is 91.5 cm³/mol. The molecule has 4 heteroatoms. The van der Waals surface area contributed by atoms with E-state index in [1.54, 1.807) is 13.0 Å². The molecule has 2 aromatic carbocycles. The standard InChI is InChI=1S/C19H18N2O2/c1-2-23-19(22)18-12-17(15-10-6-7-11-16(15)21-18)20-13-14-8-4-3-5-9-14/h3-12H,2,13H2,1H3,(H,20,21). The molecule has 0 saturated carbocycles. The number of pyridine rings is 1. The molecule has 0 bridgehead atoms. The van der Waals surface area contributed by atoms with E-state index in [9.17, 15) is 4.79 Å². The summed E-state index contributed by atoms with van der Waals surface area (Å²) in [7, 11) is 0. The zero-order valence-corrected chi connectivity index (χ0v) is 13.0. The number of benzene rings is 2. The molecule has 0 atom stereocenters. The number of nitrogens with one attached hydrogen (secondary N) is 1. The number of rotatable bonds is 5. The van der Waals surface area contributed by atoms with Crippen LogP contribution in [0, 0.1) is 0 Å². The number of carbonyl (C=O) groups excluding carboxylic acids is 1. The first kappa shape index (κ1) is 15.0. The van der Waals surface area contributed by atoms with Gasteiger partial charge in [-0.25, -0.2) is 9.78 Å². The molecule has 0 fully saturated rings. The number of hydrogen-bond acceptors (Lipinski definition) is 4. The number of anilines is 1. The van der Waals surface area contributed by atoms with Gasteiger partial charge in [-0.2, -0.15) is 0 Å². The average molecular weight is 306 g/mol. The Labute approximate surface area is 135 Å². The van der Waals surface area contributed by atoms with Crippen LogP contribution in [-0.4, -0.2) is 17.6 Å². The molecule has 1 N–H and O–H groups in total. The van der Waals surface area contributed by atoms with Crippen molar-refractivity contribution in [3.8, 4) is 0 Å². The minimum Gasteiger partial charge on any atom is -0.461 e. The molecule has 1 aromatic heterocycles. The molecule has 0 saturated heterocycles.